The summed E-state index contributed by atoms with van der Waals surface area (Å²) in [5.74, 6) is -0.360. The monoisotopic (exact) mass is 367 g/mol. The molecule has 0 aliphatic carbocycles. The third-order valence-electron chi connectivity index (χ3n) is 3.66. The number of amides is 1. The highest BCUT2D eigenvalue weighted by Gasteiger charge is 2.22. The number of unbranched alkanes of at least 4 members (excludes halogenated alkanes) is 1. The SMILES string of the molecule is CC(C)(C)OC(=O)NCCCC[C@H](N)C(O)c1nc2ccc(F)cc2o1. The minimum atomic E-state index is -1.08. The third kappa shape index (κ3) is 5.96. The summed E-state index contributed by atoms with van der Waals surface area (Å²) in [6.45, 7) is 5.86. The lowest BCUT2D eigenvalue weighted by Crippen LogP contribution is -2.33. The van der Waals surface area contributed by atoms with Crippen molar-refractivity contribution in [2.45, 2.75) is 57.8 Å². The molecule has 1 aromatic carbocycles. The van der Waals surface area contributed by atoms with Gasteiger partial charge in [-0.1, -0.05) is 6.42 Å². The van der Waals surface area contributed by atoms with Crippen LogP contribution < -0.4 is 11.1 Å². The van der Waals surface area contributed by atoms with E-state index in [9.17, 15) is 14.3 Å². The van der Waals surface area contributed by atoms with E-state index in [1.807, 2.05) is 0 Å². The van der Waals surface area contributed by atoms with E-state index in [2.05, 4.69) is 10.3 Å². The summed E-state index contributed by atoms with van der Waals surface area (Å²) in [6, 6.07) is 3.40. The zero-order chi connectivity index (χ0) is 19.3. The summed E-state index contributed by atoms with van der Waals surface area (Å²) in [7, 11) is 0. The fourth-order valence-electron chi connectivity index (χ4n) is 2.39. The second kappa shape index (κ2) is 8.46. The van der Waals surface area contributed by atoms with Crippen molar-refractivity contribution < 1.29 is 23.4 Å². The fourth-order valence-corrected chi connectivity index (χ4v) is 2.39. The van der Waals surface area contributed by atoms with Crippen molar-refractivity contribution >= 4 is 17.2 Å². The highest BCUT2D eigenvalue weighted by Crippen LogP contribution is 2.24. The van der Waals surface area contributed by atoms with Crippen LogP contribution in [0.5, 0.6) is 0 Å². The first-order valence-electron chi connectivity index (χ1n) is 8.62. The Morgan fingerprint density at radius 2 is 2.15 bits per heavy atom. The van der Waals surface area contributed by atoms with Crippen LogP contribution in [0.25, 0.3) is 11.1 Å². The molecule has 0 aliphatic rings. The van der Waals surface area contributed by atoms with E-state index >= 15 is 0 Å². The Morgan fingerprint density at radius 1 is 1.42 bits per heavy atom. The lowest BCUT2D eigenvalue weighted by Gasteiger charge is -2.20. The molecule has 26 heavy (non-hydrogen) atoms. The smallest absolute Gasteiger partial charge is 0.407 e. The number of nitrogens with zero attached hydrogens (tertiary/aromatic N) is 1. The Morgan fingerprint density at radius 3 is 2.85 bits per heavy atom. The molecule has 0 saturated heterocycles. The number of alkyl carbamates (subject to hydrolysis) is 1. The predicted molar refractivity (Wildman–Crippen MR) is 95.0 cm³/mol. The Kier molecular flexibility index (Phi) is 6.55. The van der Waals surface area contributed by atoms with Crippen molar-refractivity contribution in [2.24, 2.45) is 5.73 Å². The van der Waals surface area contributed by atoms with E-state index in [0.717, 1.165) is 0 Å². The van der Waals surface area contributed by atoms with Crippen molar-refractivity contribution in [3.63, 3.8) is 0 Å². The minimum absolute atomic E-state index is 0.0741. The molecule has 1 amide bonds. The maximum atomic E-state index is 13.2. The van der Waals surface area contributed by atoms with E-state index in [1.54, 1.807) is 20.8 Å². The molecule has 1 aromatic heterocycles. The van der Waals surface area contributed by atoms with Crippen LogP contribution in [0, 0.1) is 5.82 Å². The molecule has 0 bridgehead atoms. The van der Waals surface area contributed by atoms with Crippen LogP contribution in [0.15, 0.2) is 22.6 Å². The van der Waals surface area contributed by atoms with E-state index in [0.29, 0.717) is 31.3 Å². The van der Waals surface area contributed by atoms with Crippen LogP contribution in [-0.2, 0) is 4.74 Å². The zero-order valence-corrected chi connectivity index (χ0v) is 15.3. The van der Waals surface area contributed by atoms with Crippen LogP contribution >= 0.6 is 0 Å². The molecule has 0 spiro atoms. The number of benzene rings is 1. The summed E-state index contributed by atoms with van der Waals surface area (Å²) in [5.41, 5.74) is 6.20. The van der Waals surface area contributed by atoms with Crippen LogP contribution in [0.3, 0.4) is 0 Å². The van der Waals surface area contributed by atoms with Crippen molar-refractivity contribution in [1.82, 2.24) is 10.3 Å². The number of nitrogens with two attached hydrogens (primary N) is 1. The Hall–Kier alpha value is -2.19. The van der Waals surface area contributed by atoms with Crippen molar-refractivity contribution in [1.29, 1.82) is 0 Å². The number of carbonyl (C=O) groups excluding carboxylic acids is 1. The average molecular weight is 367 g/mol. The van der Waals surface area contributed by atoms with Gasteiger partial charge in [0.2, 0.25) is 5.89 Å². The van der Waals surface area contributed by atoms with E-state index in [1.165, 1.54) is 18.2 Å². The lowest BCUT2D eigenvalue weighted by atomic mass is 10.0. The molecule has 1 heterocycles. The average Bonchev–Trinajstić information content (AvgIpc) is 2.94. The van der Waals surface area contributed by atoms with Crippen LogP contribution in [0.1, 0.15) is 52.0 Å². The highest BCUT2D eigenvalue weighted by molar-refractivity contribution is 5.72. The molecule has 0 aliphatic heterocycles. The van der Waals surface area contributed by atoms with Gasteiger partial charge in [-0.25, -0.2) is 14.2 Å². The molecule has 1 unspecified atom stereocenters. The largest absolute Gasteiger partial charge is 0.444 e. The highest BCUT2D eigenvalue weighted by atomic mass is 19.1. The molecule has 2 atom stereocenters. The molecule has 144 valence electrons. The normalized spacial score (nSPS) is 14.2. The number of aliphatic hydroxyl groups is 1. The van der Waals surface area contributed by atoms with Crippen molar-refractivity contribution in [2.75, 3.05) is 6.54 Å². The first-order chi connectivity index (χ1) is 12.2. The molecule has 4 N–H and O–H groups in total. The quantitative estimate of drug-likeness (QED) is 0.649. The number of nitrogens with one attached hydrogen (secondary N) is 1. The number of hydrogen-bond donors (Lipinski definition) is 3. The second-order valence-electron chi connectivity index (χ2n) is 7.20. The molecule has 0 radical (unpaired) electrons. The molecule has 7 nitrogen and oxygen atoms in total. The Labute approximate surface area is 151 Å². The van der Waals surface area contributed by atoms with Gasteiger partial charge in [-0.2, -0.15) is 0 Å². The summed E-state index contributed by atoms with van der Waals surface area (Å²) in [4.78, 5) is 15.7. The van der Waals surface area contributed by atoms with Crippen molar-refractivity contribution in [3.8, 4) is 0 Å². The first-order valence-corrected chi connectivity index (χ1v) is 8.62. The van der Waals surface area contributed by atoms with E-state index in [-0.39, 0.29) is 11.5 Å². The van der Waals surface area contributed by atoms with Gasteiger partial charge in [0.1, 0.15) is 23.0 Å². The van der Waals surface area contributed by atoms with E-state index < -0.39 is 29.7 Å². The third-order valence-corrected chi connectivity index (χ3v) is 3.66. The maximum absolute atomic E-state index is 13.2. The van der Waals surface area contributed by atoms with Crippen LogP contribution in [0.4, 0.5) is 9.18 Å². The van der Waals surface area contributed by atoms with E-state index in [4.69, 9.17) is 14.9 Å². The van der Waals surface area contributed by atoms with Gasteiger partial charge in [-0.3, -0.25) is 0 Å². The number of carbonyl (C=O) groups is 1. The number of aromatic nitrogens is 1. The minimum Gasteiger partial charge on any atom is -0.444 e. The fraction of sp³-hybridized carbons (Fsp3) is 0.556. The van der Waals surface area contributed by atoms with Crippen molar-refractivity contribution in [3.05, 3.63) is 29.9 Å². The summed E-state index contributed by atoms with van der Waals surface area (Å²) in [5, 5.41) is 12.9. The number of aliphatic hydroxyl groups excluding tert-OH is 1. The van der Waals surface area contributed by atoms with Crippen LogP contribution in [-0.4, -0.2) is 34.4 Å². The first kappa shape index (κ1) is 20.1. The summed E-state index contributed by atoms with van der Waals surface area (Å²) in [6.07, 6.45) is 0.371. The molecule has 2 rings (SSSR count). The van der Waals surface area contributed by atoms with Crippen LogP contribution in [0.2, 0.25) is 0 Å². The Balaban J connectivity index is 1.74. The summed E-state index contributed by atoms with van der Waals surface area (Å²) >= 11 is 0. The van der Waals surface area contributed by atoms with Gasteiger partial charge in [-0.05, 0) is 45.7 Å². The van der Waals surface area contributed by atoms with Gasteiger partial charge in [0.05, 0.1) is 0 Å². The number of hydrogen-bond acceptors (Lipinski definition) is 6. The molecule has 2 aromatic rings. The number of halogens is 1. The number of oxazole rings is 1. The second-order valence-corrected chi connectivity index (χ2v) is 7.20. The zero-order valence-electron chi connectivity index (χ0n) is 15.3. The summed E-state index contributed by atoms with van der Waals surface area (Å²) < 4.78 is 23.7. The van der Waals surface area contributed by atoms with Gasteiger partial charge in [0.15, 0.2) is 5.58 Å². The predicted octanol–water partition coefficient (Wildman–Crippen LogP) is 3.02. The van der Waals surface area contributed by atoms with Gasteiger partial charge >= 0.3 is 6.09 Å². The molecular formula is C18H26FN3O4. The van der Waals surface area contributed by atoms with Gasteiger partial charge < -0.3 is 25.3 Å². The molecule has 8 heteroatoms. The topological polar surface area (TPSA) is 111 Å². The van der Waals surface area contributed by atoms with Gasteiger partial charge in [0, 0.05) is 18.7 Å². The molecule has 0 saturated carbocycles. The number of fused-ring (bicyclic) bond motifs is 1. The number of rotatable bonds is 7. The maximum Gasteiger partial charge on any atom is 0.407 e. The molecular weight excluding hydrogens is 341 g/mol. The Bertz CT molecular complexity index is 742. The standard InChI is InChI=1S/C18H26FN3O4/c1-18(2,3)26-17(24)21-9-5-4-6-12(20)15(23)16-22-13-8-7-11(19)10-14(13)25-16/h7-8,10,12,15,23H,4-6,9,20H2,1-3H3,(H,21,24)/t12-,15?/m0/s1. The molecule has 0 fully saturated rings. The number of ether oxygens (including phenoxy) is 1. The van der Waals surface area contributed by atoms with Gasteiger partial charge in [-0.15, -0.1) is 0 Å². The van der Waals surface area contributed by atoms with Gasteiger partial charge in [0.25, 0.3) is 0 Å². The lowest BCUT2D eigenvalue weighted by molar-refractivity contribution is 0.0526.